The van der Waals surface area contributed by atoms with Crippen molar-refractivity contribution in [2.45, 2.75) is 26.2 Å². The van der Waals surface area contributed by atoms with Gasteiger partial charge in [-0.2, -0.15) is 0 Å². The van der Waals surface area contributed by atoms with Crippen molar-refractivity contribution in [2.24, 2.45) is 0 Å². The van der Waals surface area contributed by atoms with Gasteiger partial charge in [0.25, 0.3) is 0 Å². The first-order valence-electron chi connectivity index (χ1n) is 11.3. The predicted molar refractivity (Wildman–Crippen MR) is 133 cm³/mol. The van der Waals surface area contributed by atoms with Crippen molar-refractivity contribution in [3.63, 3.8) is 0 Å². The van der Waals surface area contributed by atoms with Crippen LogP contribution in [0.3, 0.4) is 0 Å². The first-order chi connectivity index (χ1) is 16.6. The molecule has 0 bridgehead atoms. The number of nitrogen functional groups attached to an aromatic ring is 1. The van der Waals surface area contributed by atoms with Crippen molar-refractivity contribution in [1.29, 1.82) is 0 Å². The Bertz CT molecular complexity index is 1550. The highest BCUT2D eigenvalue weighted by Gasteiger charge is 2.23. The second-order valence-electron chi connectivity index (χ2n) is 8.49. The van der Waals surface area contributed by atoms with E-state index in [1.807, 2.05) is 41.2 Å². The molecule has 6 rings (SSSR count). The molecule has 0 fully saturated rings. The van der Waals surface area contributed by atoms with Crippen LogP contribution in [-0.4, -0.2) is 29.5 Å². The lowest BCUT2D eigenvalue weighted by Gasteiger charge is -2.11. The molecule has 1 aromatic carbocycles. The molecule has 1 aliphatic carbocycles. The lowest BCUT2D eigenvalue weighted by molar-refractivity contribution is 1.04. The molecule has 2 N–H and O–H groups in total. The van der Waals surface area contributed by atoms with E-state index >= 15 is 0 Å². The Labute approximate surface area is 197 Å². The van der Waals surface area contributed by atoms with Crippen molar-refractivity contribution in [2.75, 3.05) is 5.73 Å². The molecule has 7 nitrogen and oxygen atoms in total. The third-order valence-corrected chi connectivity index (χ3v) is 6.26. The number of fused-ring (bicyclic) bond motifs is 1. The molecule has 0 aliphatic heterocycles. The van der Waals surface area contributed by atoms with Crippen molar-refractivity contribution in [3.05, 3.63) is 89.9 Å². The van der Waals surface area contributed by atoms with E-state index in [1.54, 1.807) is 6.20 Å². The van der Waals surface area contributed by atoms with Gasteiger partial charge in [-0.05, 0) is 60.9 Å². The summed E-state index contributed by atoms with van der Waals surface area (Å²) in [5, 5.41) is 0. The molecule has 1 aliphatic rings. The fourth-order valence-electron chi connectivity index (χ4n) is 4.20. The van der Waals surface area contributed by atoms with Gasteiger partial charge in [0.15, 0.2) is 17.3 Å². The third-order valence-electron chi connectivity index (χ3n) is 6.26. The number of hydrogen-bond donors (Lipinski definition) is 1. The maximum Gasteiger partial charge on any atom is 0.178 e. The summed E-state index contributed by atoms with van der Waals surface area (Å²) in [6.07, 6.45) is 8.62. The van der Waals surface area contributed by atoms with Crippen LogP contribution < -0.4 is 5.73 Å². The van der Waals surface area contributed by atoms with Gasteiger partial charge in [0, 0.05) is 30.2 Å². The van der Waals surface area contributed by atoms with Crippen molar-refractivity contribution >= 4 is 17.0 Å². The minimum Gasteiger partial charge on any atom is -0.383 e. The van der Waals surface area contributed by atoms with Crippen LogP contribution in [-0.2, 0) is 6.42 Å². The monoisotopic (exact) mass is 445 g/mol. The predicted octanol–water partition coefficient (Wildman–Crippen LogP) is 5.13. The molecule has 0 spiro atoms. The fraction of sp³-hybridized carbons (Fsp3) is 0.148. The zero-order valence-electron chi connectivity index (χ0n) is 19.0. The number of rotatable bonds is 5. The van der Waals surface area contributed by atoms with Crippen LogP contribution in [0, 0.1) is 0 Å². The van der Waals surface area contributed by atoms with E-state index in [0.29, 0.717) is 34.7 Å². The number of imidazole rings is 1. The number of aryl methyl sites for hydroxylation is 1. The molecule has 4 aromatic heterocycles. The minimum atomic E-state index is 0.379. The lowest BCUT2D eigenvalue weighted by atomic mass is 10.1. The molecule has 0 saturated carbocycles. The van der Waals surface area contributed by atoms with E-state index in [1.165, 1.54) is 11.1 Å². The highest BCUT2D eigenvalue weighted by molar-refractivity contribution is 5.84. The van der Waals surface area contributed by atoms with Crippen molar-refractivity contribution < 1.29 is 0 Å². The number of anilines is 1. The highest BCUT2D eigenvalue weighted by Crippen LogP contribution is 2.38. The van der Waals surface area contributed by atoms with Crippen LogP contribution >= 0.6 is 0 Å². The summed E-state index contributed by atoms with van der Waals surface area (Å²) in [6.45, 7) is 4.26. The molecular formula is C27H23N7. The van der Waals surface area contributed by atoms with Gasteiger partial charge in [0.1, 0.15) is 17.0 Å². The van der Waals surface area contributed by atoms with E-state index < -0.39 is 0 Å². The Morgan fingerprint density at radius 1 is 0.941 bits per heavy atom. The quantitative estimate of drug-likeness (QED) is 0.377. The minimum absolute atomic E-state index is 0.379. The Balaban J connectivity index is 1.51. The second-order valence-corrected chi connectivity index (χ2v) is 8.49. The molecule has 1 atom stereocenters. The number of pyridine rings is 2. The second kappa shape index (κ2) is 7.88. The Kier molecular flexibility index (Phi) is 4.69. The summed E-state index contributed by atoms with van der Waals surface area (Å²) in [6, 6.07) is 16.1. The number of benzene rings is 1. The first kappa shape index (κ1) is 20.2. The molecule has 1 unspecified atom stereocenters. The van der Waals surface area contributed by atoms with Gasteiger partial charge in [-0.3, -0.25) is 4.57 Å². The number of hydrogen-bond acceptors (Lipinski definition) is 6. The molecule has 34 heavy (non-hydrogen) atoms. The number of allylic oxidation sites excluding steroid dienone is 2. The molecule has 5 aromatic rings. The highest BCUT2D eigenvalue weighted by atomic mass is 15.1. The molecule has 166 valence electrons. The van der Waals surface area contributed by atoms with E-state index in [-0.39, 0.29) is 0 Å². The van der Waals surface area contributed by atoms with Gasteiger partial charge >= 0.3 is 0 Å². The zero-order valence-corrected chi connectivity index (χ0v) is 19.0. The fourth-order valence-corrected chi connectivity index (χ4v) is 4.20. The van der Waals surface area contributed by atoms with Crippen LogP contribution in [0.5, 0.6) is 0 Å². The lowest BCUT2D eigenvalue weighted by Crippen LogP contribution is -2.02. The van der Waals surface area contributed by atoms with Crippen LogP contribution in [0.2, 0.25) is 0 Å². The van der Waals surface area contributed by atoms with Crippen molar-refractivity contribution in [1.82, 2.24) is 29.5 Å². The normalized spacial score (nSPS) is 14.9. The van der Waals surface area contributed by atoms with Crippen LogP contribution in [0.1, 0.15) is 30.9 Å². The largest absolute Gasteiger partial charge is 0.383 e. The third kappa shape index (κ3) is 3.42. The van der Waals surface area contributed by atoms with Crippen LogP contribution in [0.4, 0.5) is 5.82 Å². The maximum absolute atomic E-state index is 6.23. The molecule has 7 heteroatoms. The van der Waals surface area contributed by atoms with E-state index in [0.717, 1.165) is 28.8 Å². The maximum atomic E-state index is 6.23. The molecule has 4 heterocycles. The summed E-state index contributed by atoms with van der Waals surface area (Å²) in [5.74, 6) is 2.08. The molecule has 0 radical (unpaired) electrons. The number of nitrogens with two attached hydrogens (primary N) is 1. The molecule has 0 saturated heterocycles. The van der Waals surface area contributed by atoms with Crippen LogP contribution in [0.15, 0.2) is 78.8 Å². The SMILES string of the molecule is CCc1ccc(-n2c(-c3cccnc3N)nc3ccc(-c4ncc(C5C=C5C)cn4)nc32)cc1. The average Bonchev–Trinajstić information content (AvgIpc) is 3.49. The van der Waals surface area contributed by atoms with E-state index in [2.05, 4.69) is 59.1 Å². The summed E-state index contributed by atoms with van der Waals surface area (Å²) < 4.78 is 2.03. The van der Waals surface area contributed by atoms with Gasteiger partial charge < -0.3 is 5.73 Å². The topological polar surface area (TPSA) is 95.4 Å². The summed E-state index contributed by atoms with van der Waals surface area (Å²) in [5.41, 5.74) is 13.8. The van der Waals surface area contributed by atoms with E-state index in [9.17, 15) is 0 Å². The summed E-state index contributed by atoms with van der Waals surface area (Å²) in [7, 11) is 0. The summed E-state index contributed by atoms with van der Waals surface area (Å²) >= 11 is 0. The van der Waals surface area contributed by atoms with Gasteiger partial charge in [-0.15, -0.1) is 0 Å². The van der Waals surface area contributed by atoms with Gasteiger partial charge in [-0.1, -0.05) is 30.7 Å². The van der Waals surface area contributed by atoms with Gasteiger partial charge in [0.05, 0.1) is 5.56 Å². The van der Waals surface area contributed by atoms with Gasteiger partial charge in [0.2, 0.25) is 0 Å². The standard InChI is InChI=1S/C27H23N7/c1-3-17-6-8-19(9-7-17)34-26(20-5-4-12-29-24(20)28)33-23-11-10-22(32-27(23)34)25-30-14-18(15-31-25)21-13-16(21)2/h4-15,21H,3H2,1-2H3,(H2,28,29). The average molecular weight is 446 g/mol. The Hall–Kier alpha value is -4.39. The number of aromatic nitrogens is 6. The summed E-state index contributed by atoms with van der Waals surface area (Å²) in [4.78, 5) is 23.3. The van der Waals surface area contributed by atoms with Crippen molar-refractivity contribution in [3.8, 4) is 28.6 Å². The first-order valence-corrected chi connectivity index (χ1v) is 11.3. The number of nitrogens with zero attached hydrogens (tertiary/aromatic N) is 6. The Morgan fingerprint density at radius 3 is 2.38 bits per heavy atom. The molecular weight excluding hydrogens is 422 g/mol. The zero-order chi connectivity index (χ0) is 23.2. The van der Waals surface area contributed by atoms with E-state index in [4.69, 9.17) is 15.7 Å². The molecule has 0 amide bonds. The smallest absolute Gasteiger partial charge is 0.178 e. The van der Waals surface area contributed by atoms with Gasteiger partial charge in [-0.25, -0.2) is 24.9 Å². The Morgan fingerprint density at radius 2 is 1.71 bits per heavy atom. The van der Waals surface area contributed by atoms with Crippen LogP contribution in [0.25, 0.3) is 39.8 Å².